The lowest BCUT2D eigenvalue weighted by atomic mass is 10.00. The quantitative estimate of drug-likeness (QED) is 0.279. The van der Waals surface area contributed by atoms with Crippen LogP contribution in [0, 0.1) is 26.0 Å². The number of nitro benzene ring substituents is 2. The molecule has 0 aliphatic heterocycles. The zero-order valence-electron chi connectivity index (χ0n) is 16.7. The van der Waals surface area contributed by atoms with E-state index in [1.54, 1.807) is 0 Å². The van der Waals surface area contributed by atoms with Gasteiger partial charge < -0.3 is 14.2 Å². The Morgan fingerprint density at radius 3 is 1.75 bits per heavy atom. The number of methoxy groups -OCH3 is 2. The van der Waals surface area contributed by atoms with Gasteiger partial charge in [0.1, 0.15) is 34.4 Å². The number of halogens is 1. The van der Waals surface area contributed by atoms with E-state index in [0.717, 1.165) is 18.2 Å². The summed E-state index contributed by atoms with van der Waals surface area (Å²) < 4.78 is 29.3. The zero-order chi connectivity index (χ0) is 23.4. The van der Waals surface area contributed by atoms with Crippen LogP contribution in [0.5, 0.6) is 23.0 Å². The molecule has 0 saturated heterocycles. The molecule has 0 aliphatic rings. The third kappa shape index (κ3) is 4.61. The largest absolute Gasteiger partial charge is 0.496 e. The highest BCUT2D eigenvalue weighted by molar-refractivity contribution is 6.13. The summed E-state index contributed by atoms with van der Waals surface area (Å²) in [7, 11) is 2.56. The Balaban J connectivity index is 2.09. The van der Waals surface area contributed by atoms with Gasteiger partial charge in [0.25, 0.3) is 11.4 Å². The molecule has 10 nitrogen and oxygen atoms in total. The first kappa shape index (κ1) is 22.2. The summed E-state index contributed by atoms with van der Waals surface area (Å²) in [6, 6.07) is 10.5. The maximum absolute atomic E-state index is 13.2. The molecule has 3 aromatic rings. The fraction of sp³-hybridized carbons (Fsp3) is 0.0952. The van der Waals surface area contributed by atoms with E-state index in [4.69, 9.17) is 14.2 Å². The lowest BCUT2D eigenvalue weighted by Crippen LogP contribution is -2.08. The molecule has 11 heteroatoms. The summed E-state index contributed by atoms with van der Waals surface area (Å²) >= 11 is 0. The molecule has 32 heavy (non-hydrogen) atoms. The second-order valence-electron chi connectivity index (χ2n) is 6.34. The molecule has 0 radical (unpaired) electrons. The minimum atomic E-state index is -0.835. The van der Waals surface area contributed by atoms with Crippen LogP contribution in [0.4, 0.5) is 15.8 Å². The summed E-state index contributed by atoms with van der Waals surface area (Å²) in [4.78, 5) is 33.8. The smallest absolute Gasteiger partial charge is 0.277 e. The zero-order valence-corrected chi connectivity index (χ0v) is 16.7. The van der Waals surface area contributed by atoms with Gasteiger partial charge in [-0.05, 0) is 24.3 Å². The van der Waals surface area contributed by atoms with Crippen molar-refractivity contribution in [3.8, 4) is 23.0 Å². The summed E-state index contributed by atoms with van der Waals surface area (Å²) in [5, 5.41) is 22.3. The summed E-state index contributed by atoms with van der Waals surface area (Å²) in [5.74, 6) is -0.727. The normalized spacial score (nSPS) is 10.3. The van der Waals surface area contributed by atoms with Crippen molar-refractivity contribution in [2.75, 3.05) is 14.2 Å². The third-order valence-corrected chi connectivity index (χ3v) is 4.34. The first-order valence-corrected chi connectivity index (χ1v) is 8.91. The van der Waals surface area contributed by atoms with E-state index >= 15 is 0 Å². The molecule has 3 aromatic carbocycles. The maximum Gasteiger partial charge on any atom is 0.277 e. The van der Waals surface area contributed by atoms with Crippen molar-refractivity contribution in [3.63, 3.8) is 0 Å². The number of carbonyl (C=O) groups excluding carboxylic acids is 1. The molecular weight excluding hydrogens is 427 g/mol. The van der Waals surface area contributed by atoms with E-state index in [-0.39, 0.29) is 28.4 Å². The van der Waals surface area contributed by atoms with E-state index < -0.39 is 32.8 Å². The average molecular weight is 442 g/mol. The molecule has 0 unspecified atom stereocenters. The molecule has 0 fully saturated rings. The predicted molar refractivity (Wildman–Crippen MR) is 109 cm³/mol. The minimum absolute atomic E-state index is 0.000575. The first-order chi connectivity index (χ1) is 15.2. The van der Waals surface area contributed by atoms with Crippen LogP contribution in [0.1, 0.15) is 15.9 Å². The molecule has 0 bridgehead atoms. The van der Waals surface area contributed by atoms with Crippen LogP contribution in [0.25, 0.3) is 0 Å². The number of benzene rings is 3. The van der Waals surface area contributed by atoms with Crippen LogP contribution < -0.4 is 14.2 Å². The van der Waals surface area contributed by atoms with Crippen LogP contribution in [0.3, 0.4) is 0 Å². The number of nitro groups is 2. The molecule has 0 heterocycles. The van der Waals surface area contributed by atoms with E-state index in [1.807, 2.05) is 0 Å². The summed E-state index contributed by atoms with van der Waals surface area (Å²) in [6.45, 7) is 0. The standard InChI is InChI=1S/C21H15FN2O8/c1-30-18-10-17(32-16-5-3-13(22)4-6-16)11-19(31-2)20(18)21(25)12-7-14(23(26)27)9-15(8-12)24(28)29/h3-11H,1-2H3. The predicted octanol–water partition coefficient (Wildman–Crippen LogP) is 4.68. The monoisotopic (exact) mass is 442 g/mol. The average Bonchev–Trinajstić information content (AvgIpc) is 2.79. The Morgan fingerprint density at radius 1 is 0.812 bits per heavy atom. The SMILES string of the molecule is COc1cc(Oc2ccc(F)cc2)cc(OC)c1C(=O)c1cc([N+](=O)[O-])cc([N+](=O)[O-])c1. The van der Waals surface area contributed by atoms with Crippen LogP contribution >= 0.6 is 0 Å². The molecule has 0 saturated carbocycles. The highest BCUT2D eigenvalue weighted by atomic mass is 19.1. The Morgan fingerprint density at radius 2 is 1.31 bits per heavy atom. The van der Waals surface area contributed by atoms with Crippen LogP contribution in [-0.2, 0) is 0 Å². The van der Waals surface area contributed by atoms with Gasteiger partial charge in [0.15, 0.2) is 0 Å². The molecule has 3 rings (SSSR count). The highest BCUT2D eigenvalue weighted by Crippen LogP contribution is 2.38. The van der Waals surface area contributed by atoms with Crippen LogP contribution in [-0.4, -0.2) is 29.8 Å². The van der Waals surface area contributed by atoms with Gasteiger partial charge >= 0.3 is 0 Å². The molecule has 0 atom stereocenters. The lowest BCUT2D eigenvalue weighted by molar-refractivity contribution is -0.394. The van der Waals surface area contributed by atoms with Gasteiger partial charge in [-0.2, -0.15) is 0 Å². The van der Waals surface area contributed by atoms with Crippen molar-refractivity contribution in [2.24, 2.45) is 0 Å². The molecule has 164 valence electrons. The number of non-ortho nitro benzene ring substituents is 2. The fourth-order valence-electron chi connectivity index (χ4n) is 2.89. The number of ether oxygens (including phenoxy) is 3. The molecule has 0 spiro atoms. The van der Waals surface area contributed by atoms with E-state index in [9.17, 15) is 29.4 Å². The van der Waals surface area contributed by atoms with Gasteiger partial charge in [-0.25, -0.2) is 4.39 Å². The Kier molecular flexibility index (Phi) is 6.29. The lowest BCUT2D eigenvalue weighted by Gasteiger charge is -2.15. The van der Waals surface area contributed by atoms with E-state index in [0.29, 0.717) is 5.75 Å². The molecule has 0 N–H and O–H groups in total. The molecule has 0 amide bonds. The molecular formula is C21H15FN2O8. The topological polar surface area (TPSA) is 131 Å². The van der Waals surface area contributed by atoms with Crippen LogP contribution in [0.15, 0.2) is 54.6 Å². The third-order valence-electron chi connectivity index (χ3n) is 4.34. The second-order valence-corrected chi connectivity index (χ2v) is 6.34. The van der Waals surface area contributed by atoms with Crippen molar-refractivity contribution in [1.29, 1.82) is 0 Å². The van der Waals surface area contributed by atoms with Gasteiger partial charge in [0.05, 0.1) is 30.1 Å². The second kappa shape index (κ2) is 9.08. The maximum atomic E-state index is 13.2. The Labute approximate surface area is 180 Å². The highest BCUT2D eigenvalue weighted by Gasteiger charge is 2.26. The minimum Gasteiger partial charge on any atom is -0.496 e. The van der Waals surface area contributed by atoms with Crippen molar-refractivity contribution >= 4 is 17.2 Å². The summed E-state index contributed by atoms with van der Waals surface area (Å²) in [5.41, 5.74) is -1.64. The van der Waals surface area contributed by atoms with Crippen LogP contribution in [0.2, 0.25) is 0 Å². The van der Waals surface area contributed by atoms with Gasteiger partial charge in [0.2, 0.25) is 5.78 Å². The van der Waals surface area contributed by atoms with E-state index in [1.165, 1.54) is 50.6 Å². The van der Waals surface area contributed by atoms with Crippen molar-refractivity contribution < 1.29 is 33.2 Å². The Hall–Kier alpha value is -4.54. The van der Waals surface area contributed by atoms with Crippen molar-refractivity contribution in [2.45, 2.75) is 0 Å². The number of nitrogens with zero attached hydrogens (tertiary/aromatic N) is 2. The number of carbonyl (C=O) groups is 1. The van der Waals surface area contributed by atoms with E-state index in [2.05, 4.69) is 0 Å². The molecule has 0 aromatic heterocycles. The fourth-order valence-corrected chi connectivity index (χ4v) is 2.89. The first-order valence-electron chi connectivity index (χ1n) is 8.91. The number of hydrogen-bond donors (Lipinski definition) is 0. The Bertz CT molecular complexity index is 1150. The van der Waals surface area contributed by atoms with Gasteiger partial charge in [-0.3, -0.25) is 25.0 Å². The van der Waals surface area contributed by atoms with Crippen molar-refractivity contribution in [1.82, 2.24) is 0 Å². The molecule has 0 aliphatic carbocycles. The number of hydrogen-bond acceptors (Lipinski definition) is 8. The summed E-state index contributed by atoms with van der Waals surface area (Å²) in [6.07, 6.45) is 0. The number of rotatable bonds is 8. The van der Waals surface area contributed by atoms with Gasteiger partial charge in [0, 0.05) is 29.8 Å². The van der Waals surface area contributed by atoms with Gasteiger partial charge in [-0.1, -0.05) is 0 Å². The van der Waals surface area contributed by atoms with Gasteiger partial charge in [-0.15, -0.1) is 0 Å². The van der Waals surface area contributed by atoms with Crippen molar-refractivity contribution in [3.05, 3.63) is 91.8 Å². The number of ketones is 1.